The summed E-state index contributed by atoms with van der Waals surface area (Å²) in [6.45, 7) is 0. The zero-order valence-corrected chi connectivity index (χ0v) is 16.6. The molecule has 2 amide bonds. The Bertz CT molecular complexity index is 1090. The van der Waals surface area contributed by atoms with Crippen molar-refractivity contribution in [2.75, 3.05) is 12.4 Å². The largest absolute Gasteiger partial charge is 0.497 e. The molecule has 2 N–H and O–H groups in total. The van der Waals surface area contributed by atoms with Crippen LogP contribution in [0.5, 0.6) is 5.75 Å². The predicted molar refractivity (Wildman–Crippen MR) is 114 cm³/mol. The third-order valence-electron chi connectivity index (χ3n) is 3.98. The number of rotatable bonds is 7. The maximum absolute atomic E-state index is 12.8. The van der Waals surface area contributed by atoms with Crippen LogP contribution in [0.1, 0.15) is 15.2 Å². The summed E-state index contributed by atoms with van der Waals surface area (Å²) in [5.74, 6) is -0.394. The average molecular weight is 423 g/mol. The average Bonchev–Trinajstić information content (AvgIpc) is 3.29. The fraction of sp³-hybridized carbons (Fsp3) is 0.0476. The smallest absolute Gasteiger partial charge is 0.272 e. The van der Waals surface area contributed by atoms with Gasteiger partial charge in [0.2, 0.25) is 0 Å². The molecule has 0 bridgehead atoms. The van der Waals surface area contributed by atoms with E-state index in [1.54, 1.807) is 47.8 Å². The first kappa shape index (κ1) is 20.7. The van der Waals surface area contributed by atoms with E-state index in [9.17, 15) is 19.7 Å². The number of nitro groups is 1. The standard InChI is InChI=1S/C21H17N3O5S/c1-29-17-9-7-15(8-10-17)22-20(25)18(23-21(26)19-6-3-11-30-19)13-14-4-2-5-16(12-14)24(27)28/h2-13H,1H3,(H,22,25)(H,23,26). The highest BCUT2D eigenvalue weighted by Gasteiger charge is 2.16. The second kappa shape index (κ2) is 9.48. The van der Waals surface area contributed by atoms with E-state index in [1.165, 1.54) is 42.7 Å². The normalized spacial score (nSPS) is 10.9. The van der Waals surface area contributed by atoms with Gasteiger partial charge in [-0.2, -0.15) is 0 Å². The van der Waals surface area contributed by atoms with E-state index in [0.29, 0.717) is 21.9 Å². The number of ether oxygens (including phenoxy) is 1. The van der Waals surface area contributed by atoms with E-state index >= 15 is 0 Å². The van der Waals surface area contributed by atoms with Crippen LogP contribution in [0.25, 0.3) is 6.08 Å². The van der Waals surface area contributed by atoms with Crippen molar-refractivity contribution in [3.63, 3.8) is 0 Å². The van der Waals surface area contributed by atoms with E-state index < -0.39 is 16.7 Å². The van der Waals surface area contributed by atoms with E-state index in [2.05, 4.69) is 10.6 Å². The molecule has 0 radical (unpaired) electrons. The van der Waals surface area contributed by atoms with Gasteiger partial charge in [-0.3, -0.25) is 19.7 Å². The topological polar surface area (TPSA) is 111 Å². The monoisotopic (exact) mass is 423 g/mol. The highest BCUT2D eigenvalue weighted by atomic mass is 32.1. The van der Waals surface area contributed by atoms with Crippen LogP contribution in [0.4, 0.5) is 11.4 Å². The van der Waals surface area contributed by atoms with Crippen LogP contribution < -0.4 is 15.4 Å². The van der Waals surface area contributed by atoms with Crippen molar-refractivity contribution in [1.82, 2.24) is 5.32 Å². The first-order valence-corrected chi connectivity index (χ1v) is 9.60. The Kier molecular flexibility index (Phi) is 6.56. The molecule has 1 aromatic heterocycles. The second-order valence-electron chi connectivity index (χ2n) is 6.02. The van der Waals surface area contributed by atoms with Gasteiger partial charge in [0, 0.05) is 17.8 Å². The van der Waals surface area contributed by atoms with E-state index in [0.717, 1.165) is 0 Å². The molecule has 9 heteroatoms. The number of carbonyl (C=O) groups is 2. The van der Waals surface area contributed by atoms with Gasteiger partial charge in [-0.25, -0.2) is 0 Å². The molecule has 1 heterocycles. The van der Waals surface area contributed by atoms with Crippen LogP contribution in [-0.2, 0) is 4.79 Å². The van der Waals surface area contributed by atoms with Crippen LogP contribution in [0.15, 0.2) is 71.7 Å². The van der Waals surface area contributed by atoms with Crippen molar-refractivity contribution in [3.05, 3.63) is 92.3 Å². The molecule has 0 spiro atoms. The second-order valence-corrected chi connectivity index (χ2v) is 6.97. The van der Waals surface area contributed by atoms with Crippen LogP contribution in [0, 0.1) is 10.1 Å². The molecular formula is C21H17N3O5S. The molecular weight excluding hydrogens is 406 g/mol. The molecule has 0 atom stereocenters. The van der Waals surface area contributed by atoms with Crippen molar-refractivity contribution < 1.29 is 19.2 Å². The number of nitrogens with one attached hydrogen (secondary N) is 2. The van der Waals surface area contributed by atoms with E-state index in [1.807, 2.05) is 0 Å². The Morgan fingerprint density at radius 1 is 1.10 bits per heavy atom. The number of carbonyl (C=O) groups excluding carboxylic acids is 2. The lowest BCUT2D eigenvalue weighted by Crippen LogP contribution is -2.30. The molecule has 3 rings (SSSR count). The number of hydrogen-bond acceptors (Lipinski definition) is 6. The van der Waals surface area contributed by atoms with Gasteiger partial charge in [-0.15, -0.1) is 11.3 Å². The molecule has 0 aliphatic carbocycles. The van der Waals surface area contributed by atoms with Gasteiger partial charge < -0.3 is 15.4 Å². The number of benzene rings is 2. The number of methoxy groups -OCH3 is 1. The lowest BCUT2D eigenvalue weighted by molar-refractivity contribution is -0.384. The summed E-state index contributed by atoms with van der Waals surface area (Å²) in [6, 6.07) is 15.8. The number of nitro benzene ring substituents is 1. The van der Waals surface area contributed by atoms with Crippen LogP contribution in [-0.4, -0.2) is 23.8 Å². The molecule has 2 aromatic carbocycles. The molecule has 8 nitrogen and oxygen atoms in total. The fourth-order valence-electron chi connectivity index (χ4n) is 2.52. The molecule has 30 heavy (non-hydrogen) atoms. The number of anilines is 1. The van der Waals surface area contributed by atoms with E-state index in [4.69, 9.17) is 4.74 Å². The molecule has 152 valence electrons. The van der Waals surface area contributed by atoms with Crippen LogP contribution in [0.3, 0.4) is 0 Å². The maximum Gasteiger partial charge on any atom is 0.272 e. The quantitative estimate of drug-likeness (QED) is 0.338. The molecule has 0 aliphatic rings. The summed E-state index contributed by atoms with van der Waals surface area (Å²) in [5.41, 5.74) is 0.722. The number of thiophene rings is 1. The molecule has 3 aromatic rings. The minimum atomic E-state index is -0.573. The Labute approximate surface area is 176 Å². The first-order valence-electron chi connectivity index (χ1n) is 8.72. The minimum Gasteiger partial charge on any atom is -0.497 e. The summed E-state index contributed by atoms with van der Waals surface area (Å²) >= 11 is 1.23. The van der Waals surface area contributed by atoms with Crippen LogP contribution >= 0.6 is 11.3 Å². The minimum absolute atomic E-state index is 0.0512. The number of hydrogen-bond donors (Lipinski definition) is 2. The SMILES string of the molecule is COc1ccc(NC(=O)C(=Cc2cccc([N+](=O)[O-])c2)NC(=O)c2cccs2)cc1. The Morgan fingerprint density at radius 2 is 1.87 bits per heavy atom. The van der Waals surface area contributed by atoms with Gasteiger partial charge in [0.25, 0.3) is 17.5 Å². The third kappa shape index (κ3) is 5.30. The third-order valence-corrected chi connectivity index (χ3v) is 4.85. The number of nitrogens with zero attached hydrogens (tertiary/aromatic N) is 1. The highest BCUT2D eigenvalue weighted by molar-refractivity contribution is 7.12. The molecule has 0 saturated carbocycles. The summed E-state index contributed by atoms with van der Waals surface area (Å²) in [5, 5.41) is 18.1. The van der Waals surface area contributed by atoms with Crippen molar-refractivity contribution in [3.8, 4) is 5.75 Å². The van der Waals surface area contributed by atoms with Crippen molar-refractivity contribution in [2.24, 2.45) is 0 Å². The lowest BCUT2D eigenvalue weighted by Gasteiger charge is -2.11. The number of amides is 2. The van der Waals surface area contributed by atoms with Crippen molar-refractivity contribution in [2.45, 2.75) is 0 Å². The van der Waals surface area contributed by atoms with Gasteiger partial charge in [0.15, 0.2) is 0 Å². The highest BCUT2D eigenvalue weighted by Crippen LogP contribution is 2.18. The lowest BCUT2D eigenvalue weighted by atomic mass is 10.1. The van der Waals surface area contributed by atoms with Crippen molar-refractivity contribution in [1.29, 1.82) is 0 Å². The number of non-ortho nitro benzene ring substituents is 1. The van der Waals surface area contributed by atoms with Gasteiger partial charge in [-0.05, 0) is 47.4 Å². The predicted octanol–water partition coefficient (Wildman–Crippen LogP) is 4.07. The fourth-order valence-corrected chi connectivity index (χ4v) is 3.14. The Hall–Kier alpha value is -3.98. The summed E-state index contributed by atoms with van der Waals surface area (Å²) in [4.78, 5) is 36.2. The van der Waals surface area contributed by atoms with E-state index in [-0.39, 0.29) is 11.4 Å². The van der Waals surface area contributed by atoms with Crippen LogP contribution in [0.2, 0.25) is 0 Å². The van der Waals surface area contributed by atoms with Gasteiger partial charge in [0.1, 0.15) is 11.4 Å². The zero-order chi connectivity index (χ0) is 21.5. The first-order chi connectivity index (χ1) is 14.5. The molecule has 0 unspecified atom stereocenters. The Morgan fingerprint density at radius 3 is 2.50 bits per heavy atom. The van der Waals surface area contributed by atoms with Gasteiger partial charge in [0.05, 0.1) is 16.9 Å². The zero-order valence-electron chi connectivity index (χ0n) is 15.8. The van der Waals surface area contributed by atoms with Gasteiger partial charge >= 0.3 is 0 Å². The summed E-state index contributed by atoms with van der Waals surface area (Å²) < 4.78 is 5.09. The molecule has 0 aliphatic heterocycles. The summed E-state index contributed by atoms with van der Waals surface area (Å²) in [7, 11) is 1.54. The van der Waals surface area contributed by atoms with Gasteiger partial charge in [-0.1, -0.05) is 18.2 Å². The molecule has 0 fully saturated rings. The maximum atomic E-state index is 12.8. The van der Waals surface area contributed by atoms with Crippen molar-refractivity contribution >= 4 is 40.6 Å². The molecule has 0 saturated heterocycles. The Balaban J connectivity index is 1.89. The summed E-state index contributed by atoms with van der Waals surface area (Å²) in [6.07, 6.45) is 1.39.